The molecular formula is C28H33N7O6. The van der Waals surface area contributed by atoms with E-state index in [0.717, 1.165) is 22.2 Å². The monoisotopic (exact) mass is 563 g/mol. The number of nitrogens with one attached hydrogen (secondary N) is 3. The number of ether oxygens (including phenoxy) is 3. The topological polar surface area (TPSA) is 170 Å². The number of rotatable bonds is 14. The van der Waals surface area contributed by atoms with Crippen LogP contribution in [0.4, 0.5) is 17.2 Å². The van der Waals surface area contributed by atoms with Gasteiger partial charge in [0, 0.05) is 30.5 Å². The second kappa shape index (κ2) is 13.5. The normalized spacial score (nSPS) is 16.7. The predicted molar refractivity (Wildman–Crippen MR) is 150 cm³/mol. The van der Waals surface area contributed by atoms with Crippen molar-refractivity contribution in [3.05, 3.63) is 53.9 Å². The van der Waals surface area contributed by atoms with E-state index in [1.165, 1.54) is 11.2 Å². The maximum absolute atomic E-state index is 13.4. The van der Waals surface area contributed by atoms with E-state index in [9.17, 15) is 14.4 Å². The van der Waals surface area contributed by atoms with Crippen molar-refractivity contribution in [2.45, 2.75) is 25.4 Å². The molecule has 41 heavy (non-hydrogen) atoms. The van der Waals surface area contributed by atoms with Gasteiger partial charge in [0.2, 0.25) is 11.8 Å². The molecule has 2 aromatic carbocycles. The van der Waals surface area contributed by atoms with Gasteiger partial charge in [-0.05, 0) is 36.2 Å². The maximum atomic E-state index is 13.4. The van der Waals surface area contributed by atoms with Gasteiger partial charge < -0.3 is 35.5 Å². The molecule has 2 aliphatic heterocycles. The molecule has 1 saturated heterocycles. The van der Waals surface area contributed by atoms with Crippen LogP contribution >= 0.6 is 0 Å². The first kappa shape index (κ1) is 28.4. The minimum Gasteiger partial charge on any atom is -0.381 e. The number of benzene rings is 2. The molecule has 3 aromatic rings. The molecule has 1 fully saturated rings. The number of carbonyl (C=O) groups is 3. The second-order valence-electron chi connectivity index (χ2n) is 9.55. The van der Waals surface area contributed by atoms with E-state index in [1.807, 2.05) is 30.3 Å². The zero-order valence-corrected chi connectivity index (χ0v) is 22.6. The highest BCUT2D eigenvalue weighted by Gasteiger charge is 2.39. The van der Waals surface area contributed by atoms with Crippen LogP contribution in [0.3, 0.4) is 0 Å². The Morgan fingerprint density at radius 2 is 1.76 bits per heavy atom. The second-order valence-corrected chi connectivity index (χ2v) is 9.55. The molecule has 1 aromatic heterocycles. The van der Waals surface area contributed by atoms with Gasteiger partial charge in [-0.3, -0.25) is 19.7 Å². The van der Waals surface area contributed by atoms with Crippen LogP contribution < -0.4 is 21.7 Å². The van der Waals surface area contributed by atoms with Crippen LogP contribution in [-0.4, -0.2) is 84.9 Å². The van der Waals surface area contributed by atoms with Crippen LogP contribution in [0.15, 0.2) is 42.7 Å². The van der Waals surface area contributed by atoms with Crippen LogP contribution in [-0.2, 0) is 30.3 Å². The van der Waals surface area contributed by atoms with Crippen molar-refractivity contribution in [1.82, 2.24) is 20.2 Å². The van der Waals surface area contributed by atoms with Crippen LogP contribution in [0, 0.1) is 0 Å². The number of fused-ring (bicyclic) bond motifs is 2. The third-order valence-electron chi connectivity index (χ3n) is 6.88. The zero-order chi connectivity index (χ0) is 28.6. The summed E-state index contributed by atoms with van der Waals surface area (Å²) in [5.74, 6) is -0.422. The molecule has 0 saturated carbocycles. The van der Waals surface area contributed by atoms with Crippen molar-refractivity contribution < 1.29 is 28.6 Å². The highest BCUT2D eigenvalue weighted by molar-refractivity contribution is 6.06. The average Bonchev–Trinajstić information content (AvgIpc) is 3.29. The largest absolute Gasteiger partial charge is 0.381 e. The molecular weight excluding hydrogens is 530 g/mol. The number of aromatic nitrogens is 2. The number of nitrogens with zero attached hydrogens (tertiary/aromatic N) is 3. The fraction of sp³-hybridized carbons (Fsp3) is 0.393. The number of carbonyl (C=O) groups excluding carboxylic acids is 3. The number of hydrogen-bond acceptors (Lipinski definition) is 11. The molecule has 216 valence electrons. The number of imide groups is 1. The SMILES string of the molecule is NCOCCOCCOCCNc1cc2c(cc1Nc1ncnc3ccccc13)C(=O)N(C1CCC(=O)NC1=O)C2. The van der Waals surface area contributed by atoms with Gasteiger partial charge in [0.1, 0.15) is 18.2 Å². The van der Waals surface area contributed by atoms with E-state index in [4.69, 9.17) is 19.9 Å². The summed E-state index contributed by atoms with van der Waals surface area (Å²) in [6.07, 6.45) is 1.98. The summed E-state index contributed by atoms with van der Waals surface area (Å²) in [5.41, 5.74) is 8.74. The highest BCUT2D eigenvalue weighted by atomic mass is 16.5. The first-order valence-electron chi connectivity index (χ1n) is 13.5. The molecule has 0 spiro atoms. The average molecular weight is 564 g/mol. The highest BCUT2D eigenvalue weighted by Crippen LogP contribution is 2.36. The zero-order valence-electron chi connectivity index (χ0n) is 22.6. The molecule has 13 heteroatoms. The van der Waals surface area contributed by atoms with Crippen LogP contribution in [0.25, 0.3) is 10.9 Å². The molecule has 5 rings (SSSR count). The van der Waals surface area contributed by atoms with Crippen LogP contribution in [0.5, 0.6) is 0 Å². The van der Waals surface area contributed by atoms with Gasteiger partial charge in [0.25, 0.3) is 5.91 Å². The van der Waals surface area contributed by atoms with Crippen LogP contribution in [0.2, 0.25) is 0 Å². The van der Waals surface area contributed by atoms with E-state index in [1.54, 1.807) is 6.07 Å². The summed E-state index contributed by atoms with van der Waals surface area (Å²) < 4.78 is 16.1. The van der Waals surface area contributed by atoms with E-state index < -0.39 is 11.9 Å². The number of nitrogens with two attached hydrogens (primary N) is 1. The molecule has 0 radical (unpaired) electrons. The van der Waals surface area contributed by atoms with Gasteiger partial charge >= 0.3 is 0 Å². The van der Waals surface area contributed by atoms with Gasteiger partial charge in [-0.15, -0.1) is 0 Å². The lowest BCUT2D eigenvalue weighted by molar-refractivity contribution is -0.136. The summed E-state index contributed by atoms with van der Waals surface area (Å²) in [4.78, 5) is 47.9. The van der Waals surface area contributed by atoms with Gasteiger partial charge in [0.15, 0.2) is 0 Å². The minimum absolute atomic E-state index is 0.168. The Kier molecular flexibility index (Phi) is 9.31. The van der Waals surface area contributed by atoms with Crippen LogP contribution in [0.1, 0.15) is 28.8 Å². The van der Waals surface area contributed by atoms with Crippen molar-refractivity contribution >= 4 is 45.8 Å². The maximum Gasteiger partial charge on any atom is 0.255 e. The molecule has 0 bridgehead atoms. The summed E-state index contributed by atoms with van der Waals surface area (Å²) in [6, 6.07) is 10.6. The number of amides is 3. The first-order valence-corrected chi connectivity index (χ1v) is 13.5. The molecule has 2 aliphatic rings. The van der Waals surface area contributed by atoms with Crippen molar-refractivity contribution in [1.29, 1.82) is 0 Å². The lowest BCUT2D eigenvalue weighted by Crippen LogP contribution is -2.52. The lowest BCUT2D eigenvalue weighted by atomic mass is 10.0. The van der Waals surface area contributed by atoms with Gasteiger partial charge in [-0.2, -0.15) is 0 Å². The minimum atomic E-state index is -0.691. The number of hydrogen-bond donors (Lipinski definition) is 4. The standard InChI is InChI=1S/C28H33N7O6/c29-16-41-12-11-40-10-9-39-8-7-30-22-13-18-15-35(24-5-6-25(36)34-27(24)37)28(38)20(18)14-23(22)33-26-19-3-1-2-4-21(19)31-17-32-26/h1-4,13-14,17,24,30H,5-12,15-16,29H2,(H,31,32,33)(H,34,36,37). The third-order valence-corrected chi connectivity index (χ3v) is 6.88. The Morgan fingerprint density at radius 1 is 0.976 bits per heavy atom. The fourth-order valence-corrected chi connectivity index (χ4v) is 4.88. The van der Waals surface area contributed by atoms with E-state index in [2.05, 4.69) is 25.9 Å². The molecule has 5 N–H and O–H groups in total. The lowest BCUT2D eigenvalue weighted by Gasteiger charge is -2.29. The fourth-order valence-electron chi connectivity index (χ4n) is 4.88. The van der Waals surface area contributed by atoms with E-state index >= 15 is 0 Å². The first-order chi connectivity index (χ1) is 20.0. The Hall–Kier alpha value is -4.17. The van der Waals surface area contributed by atoms with Crippen molar-refractivity contribution in [3.8, 4) is 0 Å². The van der Waals surface area contributed by atoms with Crippen molar-refractivity contribution in [3.63, 3.8) is 0 Å². The van der Waals surface area contributed by atoms with Gasteiger partial charge in [0.05, 0.1) is 56.7 Å². The quantitative estimate of drug-likeness (QED) is 0.127. The molecule has 0 aliphatic carbocycles. The molecule has 1 unspecified atom stereocenters. The molecule has 3 amide bonds. The Morgan fingerprint density at radius 3 is 2.56 bits per heavy atom. The van der Waals surface area contributed by atoms with E-state index in [0.29, 0.717) is 63.1 Å². The van der Waals surface area contributed by atoms with Gasteiger partial charge in [-0.25, -0.2) is 9.97 Å². The Bertz CT molecular complexity index is 1410. The predicted octanol–water partition coefficient (Wildman–Crippen LogP) is 1.51. The smallest absolute Gasteiger partial charge is 0.255 e. The molecule has 3 heterocycles. The van der Waals surface area contributed by atoms with Crippen molar-refractivity contribution in [2.75, 3.05) is 56.9 Å². The number of piperidine rings is 1. The Labute approximate surface area is 236 Å². The summed E-state index contributed by atoms with van der Waals surface area (Å²) >= 11 is 0. The van der Waals surface area contributed by atoms with E-state index in [-0.39, 0.29) is 31.5 Å². The summed E-state index contributed by atoms with van der Waals surface area (Å²) in [5, 5.41) is 9.94. The summed E-state index contributed by atoms with van der Waals surface area (Å²) in [7, 11) is 0. The molecule has 13 nitrogen and oxygen atoms in total. The number of para-hydroxylation sites is 1. The third kappa shape index (κ3) is 6.77. The summed E-state index contributed by atoms with van der Waals surface area (Å²) in [6.45, 7) is 3.14. The van der Waals surface area contributed by atoms with Gasteiger partial charge in [-0.1, -0.05) is 12.1 Å². The Balaban J connectivity index is 1.31. The molecule has 1 atom stereocenters. The van der Waals surface area contributed by atoms with Crippen molar-refractivity contribution in [2.24, 2.45) is 5.73 Å². The number of anilines is 3.